The Bertz CT molecular complexity index is 756. The maximum absolute atomic E-state index is 12.7. The summed E-state index contributed by atoms with van der Waals surface area (Å²) in [5.74, 6) is 0. The smallest absolute Gasteiger partial charge is 0.263 e. The number of nitrogens with one attached hydrogen (secondary N) is 1. The molecule has 0 amide bonds. The Hall–Kier alpha value is -0.980. The van der Waals surface area contributed by atoms with Gasteiger partial charge in [-0.2, -0.15) is 0 Å². The van der Waals surface area contributed by atoms with Gasteiger partial charge in [0, 0.05) is 18.0 Å². The van der Waals surface area contributed by atoms with Gasteiger partial charge in [-0.1, -0.05) is 6.92 Å². The lowest BCUT2D eigenvalue weighted by molar-refractivity contribution is 0.332. The van der Waals surface area contributed by atoms with Crippen LogP contribution >= 0.6 is 23.6 Å². The van der Waals surface area contributed by atoms with Crippen molar-refractivity contribution in [2.45, 2.75) is 32.7 Å². The molecule has 0 radical (unpaired) electrons. The maximum Gasteiger partial charge on any atom is 0.263 e. The number of rotatable bonds is 4. The van der Waals surface area contributed by atoms with Crippen molar-refractivity contribution in [3.63, 3.8) is 0 Å². The number of fused-ring (bicyclic) bond motifs is 3. The predicted octanol–water partition coefficient (Wildman–Crippen LogP) is 2.56. The lowest BCUT2D eigenvalue weighted by atomic mass is 10.2. The number of thiophene rings is 1. The van der Waals surface area contributed by atoms with Gasteiger partial charge in [-0.05, 0) is 50.6 Å². The van der Waals surface area contributed by atoms with Gasteiger partial charge in [0.1, 0.15) is 4.83 Å². The summed E-state index contributed by atoms with van der Waals surface area (Å²) >= 11 is 7.06. The van der Waals surface area contributed by atoms with Crippen molar-refractivity contribution in [3.05, 3.63) is 25.6 Å². The third kappa shape index (κ3) is 2.25. The summed E-state index contributed by atoms with van der Waals surface area (Å²) in [4.78, 5) is 20.5. The SMILES string of the molecule is CCN(C)CCn1c(=S)[nH]c2sc3c(c2c1=O)CCC3. The van der Waals surface area contributed by atoms with Gasteiger partial charge in [0.15, 0.2) is 4.77 Å². The molecule has 0 spiro atoms. The minimum atomic E-state index is 0.0904. The number of H-pyrrole nitrogens is 1. The van der Waals surface area contributed by atoms with Crippen LogP contribution in [0.25, 0.3) is 10.2 Å². The van der Waals surface area contributed by atoms with Gasteiger partial charge in [-0.25, -0.2) is 0 Å². The summed E-state index contributed by atoms with van der Waals surface area (Å²) in [6.45, 7) is 4.57. The van der Waals surface area contributed by atoms with E-state index in [1.807, 2.05) is 0 Å². The van der Waals surface area contributed by atoms with Gasteiger partial charge >= 0.3 is 0 Å². The highest BCUT2D eigenvalue weighted by molar-refractivity contribution is 7.71. The summed E-state index contributed by atoms with van der Waals surface area (Å²) in [6.07, 6.45) is 3.31. The van der Waals surface area contributed by atoms with E-state index in [-0.39, 0.29) is 5.56 Å². The predicted molar refractivity (Wildman–Crippen MR) is 86.5 cm³/mol. The Morgan fingerprint density at radius 2 is 2.25 bits per heavy atom. The van der Waals surface area contributed by atoms with E-state index >= 15 is 0 Å². The molecular formula is C14H19N3OS2. The number of nitrogens with zero attached hydrogens (tertiary/aromatic N) is 2. The quantitative estimate of drug-likeness (QED) is 0.883. The first-order chi connectivity index (χ1) is 9.61. The molecule has 6 heteroatoms. The van der Waals surface area contributed by atoms with E-state index < -0.39 is 0 Å². The van der Waals surface area contributed by atoms with Gasteiger partial charge < -0.3 is 9.88 Å². The van der Waals surface area contributed by atoms with Gasteiger partial charge in [-0.15, -0.1) is 11.3 Å². The average Bonchev–Trinajstić information content (AvgIpc) is 2.97. The topological polar surface area (TPSA) is 41.0 Å². The Morgan fingerprint density at radius 3 is 3.00 bits per heavy atom. The molecule has 0 atom stereocenters. The van der Waals surface area contributed by atoms with E-state index in [0.717, 1.165) is 36.1 Å². The number of hydrogen-bond donors (Lipinski definition) is 1. The molecule has 0 unspecified atom stereocenters. The van der Waals surface area contributed by atoms with Gasteiger partial charge in [0.25, 0.3) is 5.56 Å². The van der Waals surface area contributed by atoms with Gasteiger partial charge in [0.2, 0.25) is 0 Å². The number of aryl methyl sites for hydroxylation is 2. The molecule has 1 aliphatic carbocycles. The van der Waals surface area contributed by atoms with Crippen molar-refractivity contribution in [3.8, 4) is 0 Å². The van der Waals surface area contributed by atoms with Crippen molar-refractivity contribution in [2.24, 2.45) is 0 Å². The molecule has 20 heavy (non-hydrogen) atoms. The largest absolute Gasteiger partial charge is 0.323 e. The van der Waals surface area contributed by atoms with Crippen molar-refractivity contribution in [2.75, 3.05) is 20.1 Å². The van der Waals surface area contributed by atoms with Crippen LogP contribution in [0, 0.1) is 4.77 Å². The zero-order chi connectivity index (χ0) is 14.3. The highest BCUT2D eigenvalue weighted by Gasteiger charge is 2.21. The first-order valence-corrected chi connectivity index (χ1v) is 8.30. The second-order valence-corrected chi connectivity index (χ2v) is 6.84. The molecule has 1 N–H and O–H groups in total. The van der Waals surface area contributed by atoms with E-state index in [1.54, 1.807) is 15.9 Å². The molecule has 0 aliphatic heterocycles. The van der Waals surface area contributed by atoms with Crippen LogP contribution in [0.3, 0.4) is 0 Å². The molecule has 0 bridgehead atoms. The standard InChI is InChI=1S/C14H19N3OS2/c1-3-16(2)7-8-17-13(18)11-9-5-4-6-10(9)20-12(11)15-14(17)19/h3-8H2,1-2H3,(H,15,19). The Kier molecular flexibility index (Phi) is 3.79. The molecule has 4 nitrogen and oxygen atoms in total. The van der Waals surface area contributed by atoms with Crippen LogP contribution in [0.15, 0.2) is 4.79 Å². The molecule has 2 aromatic heterocycles. The van der Waals surface area contributed by atoms with E-state index in [4.69, 9.17) is 12.2 Å². The lowest BCUT2D eigenvalue weighted by Gasteiger charge is -2.14. The monoisotopic (exact) mass is 309 g/mol. The minimum Gasteiger partial charge on any atom is -0.323 e. The fourth-order valence-corrected chi connectivity index (χ4v) is 4.36. The van der Waals surface area contributed by atoms with Crippen LogP contribution in [-0.2, 0) is 19.4 Å². The summed E-state index contributed by atoms with van der Waals surface area (Å²) in [6, 6.07) is 0. The van der Waals surface area contributed by atoms with Crippen LogP contribution in [0.5, 0.6) is 0 Å². The Labute approximate surface area is 127 Å². The van der Waals surface area contributed by atoms with Crippen LogP contribution in [-0.4, -0.2) is 34.6 Å². The first-order valence-electron chi connectivity index (χ1n) is 7.07. The zero-order valence-corrected chi connectivity index (χ0v) is 13.5. The second-order valence-electron chi connectivity index (χ2n) is 5.34. The minimum absolute atomic E-state index is 0.0904. The highest BCUT2D eigenvalue weighted by Crippen LogP contribution is 2.34. The molecule has 0 saturated heterocycles. The fourth-order valence-electron chi connectivity index (χ4n) is 2.74. The molecule has 108 valence electrons. The average molecular weight is 309 g/mol. The summed E-state index contributed by atoms with van der Waals surface area (Å²) in [7, 11) is 2.05. The van der Waals surface area contributed by atoms with Crippen molar-refractivity contribution >= 4 is 33.8 Å². The molecule has 2 aromatic rings. The normalized spacial score (nSPS) is 14.3. The molecular weight excluding hydrogens is 290 g/mol. The van der Waals surface area contributed by atoms with Crippen LogP contribution < -0.4 is 5.56 Å². The third-order valence-electron chi connectivity index (χ3n) is 4.09. The molecule has 0 saturated carbocycles. The number of aromatic amines is 1. The Balaban J connectivity index is 2.09. The number of hydrogen-bond acceptors (Lipinski definition) is 4. The van der Waals surface area contributed by atoms with Crippen molar-refractivity contribution in [1.29, 1.82) is 0 Å². The maximum atomic E-state index is 12.7. The molecule has 0 fully saturated rings. The number of aromatic nitrogens is 2. The molecule has 2 heterocycles. The van der Waals surface area contributed by atoms with Crippen LogP contribution in [0.4, 0.5) is 0 Å². The van der Waals surface area contributed by atoms with E-state index in [2.05, 4.69) is 23.9 Å². The Morgan fingerprint density at radius 1 is 1.45 bits per heavy atom. The second kappa shape index (κ2) is 5.42. The van der Waals surface area contributed by atoms with E-state index in [0.29, 0.717) is 11.3 Å². The van der Waals surface area contributed by atoms with Gasteiger partial charge in [0.05, 0.1) is 5.39 Å². The first kappa shape index (κ1) is 14.0. The summed E-state index contributed by atoms with van der Waals surface area (Å²) < 4.78 is 2.27. The van der Waals surface area contributed by atoms with E-state index in [9.17, 15) is 4.79 Å². The zero-order valence-electron chi connectivity index (χ0n) is 11.9. The lowest BCUT2D eigenvalue weighted by Crippen LogP contribution is -2.29. The molecule has 3 rings (SSSR count). The van der Waals surface area contributed by atoms with E-state index in [1.165, 1.54) is 16.9 Å². The number of likely N-dealkylation sites (N-methyl/N-ethyl adjacent to an activating group) is 1. The van der Waals surface area contributed by atoms with Crippen LogP contribution in [0.2, 0.25) is 0 Å². The van der Waals surface area contributed by atoms with Crippen molar-refractivity contribution < 1.29 is 0 Å². The fraction of sp³-hybridized carbons (Fsp3) is 0.571. The van der Waals surface area contributed by atoms with Gasteiger partial charge in [-0.3, -0.25) is 9.36 Å². The third-order valence-corrected chi connectivity index (χ3v) is 5.62. The molecule has 1 aliphatic rings. The summed E-state index contributed by atoms with van der Waals surface area (Å²) in [5, 5.41) is 0.884. The van der Waals surface area contributed by atoms with Crippen LogP contribution in [0.1, 0.15) is 23.8 Å². The van der Waals surface area contributed by atoms with Crippen molar-refractivity contribution in [1.82, 2.24) is 14.5 Å². The highest BCUT2D eigenvalue weighted by atomic mass is 32.1. The summed E-state index contributed by atoms with van der Waals surface area (Å²) in [5.41, 5.74) is 1.35. The molecule has 0 aromatic carbocycles.